The predicted molar refractivity (Wildman–Crippen MR) is 48.8 cm³/mol. The van der Waals surface area contributed by atoms with Crippen molar-refractivity contribution in [3.63, 3.8) is 0 Å². The van der Waals surface area contributed by atoms with Gasteiger partial charge in [0.15, 0.2) is 0 Å². The molecule has 0 radical (unpaired) electrons. The zero-order valence-electron chi connectivity index (χ0n) is 6.85. The Morgan fingerprint density at radius 3 is 2.82 bits per heavy atom. The number of aromatic amines is 1. The molecule has 1 aromatic heterocycles. The van der Waals surface area contributed by atoms with Crippen molar-refractivity contribution < 1.29 is 0 Å². The van der Waals surface area contributed by atoms with E-state index in [0.717, 1.165) is 23.0 Å². The molecule has 4 heteroatoms. The van der Waals surface area contributed by atoms with Crippen molar-refractivity contribution in [3.05, 3.63) is 5.82 Å². The van der Waals surface area contributed by atoms with Crippen LogP contribution < -0.4 is 5.73 Å². The van der Waals surface area contributed by atoms with Gasteiger partial charge in [0.25, 0.3) is 0 Å². The monoisotopic (exact) mass is 171 g/mol. The molecule has 1 heterocycles. The Morgan fingerprint density at radius 1 is 1.64 bits per heavy atom. The molecule has 0 aliphatic rings. The molecule has 62 valence electrons. The van der Waals surface area contributed by atoms with Crippen molar-refractivity contribution in [2.45, 2.75) is 25.3 Å². The Bertz CT molecular complexity index is 232. The van der Waals surface area contributed by atoms with Gasteiger partial charge in [0.1, 0.15) is 16.7 Å². The third kappa shape index (κ3) is 2.15. The smallest absolute Gasteiger partial charge is 0.138 e. The van der Waals surface area contributed by atoms with Gasteiger partial charge in [-0.1, -0.05) is 6.92 Å². The Morgan fingerprint density at radius 2 is 2.36 bits per heavy atom. The topological polar surface area (TPSA) is 54.7 Å². The number of nitrogen functional groups attached to an aromatic ring is 1. The van der Waals surface area contributed by atoms with Crippen LogP contribution in [0, 0.1) is 6.92 Å². The van der Waals surface area contributed by atoms with Crippen molar-refractivity contribution in [1.29, 1.82) is 0 Å². The zero-order chi connectivity index (χ0) is 8.27. The SMILES string of the molecule is CCCSc1nc(C)[nH]c1N. The molecule has 0 amide bonds. The van der Waals surface area contributed by atoms with Crippen molar-refractivity contribution in [1.82, 2.24) is 9.97 Å². The fourth-order valence-corrected chi connectivity index (χ4v) is 1.60. The lowest BCUT2D eigenvalue weighted by Gasteiger charge is -1.93. The van der Waals surface area contributed by atoms with Crippen LogP contribution in [0.5, 0.6) is 0 Å². The van der Waals surface area contributed by atoms with E-state index in [1.54, 1.807) is 11.8 Å². The number of anilines is 1. The Kier molecular flexibility index (Phi) is 2.82. The van der Waals surface area contributed by atoms with Crippen LogP contribution in [-0.2, 0) is 0 Å². The van der Waals surface area contributed by atoms with Gasteiger partial charge >= 0.3 is 0 Å². The van der Waals surface area contributed by atoms with Crippen LogP contribution in [0.1, 0.15) is 19.2 Å². The Hall–Kier alpha value is -0.640. The molecule has 11 heavy (non-hydrogen) atoms. The first-order chi connectivity index (χ1) is 5.24. The molecule has 0 aliphatic carbocycles. The van der Waals surface area contributed by atoms with Crippen LogP contribution in [0.3, 0.4) is 0 Å². The van der Waals surface area contributed by atoms with Crippen LogP contribution in [0.4, 0.5) is 5.82 Å². The zero-order valence-corrected chi connectivity index (χ0v) is 7.66. The van der Waals surface area contributed by atoms with Crippen molar-refractivity contribution in [2.24, 2.45) is 0 Å². The minimum absolute atomic E-state index is 0.695. The Balaban J connectivity index is 2.62. The van der Waals surface area contributed by atoms with Gasteiger partial charge in [0.05, 0.1) is 0 Å². The Labute approximate surface area is 70.8 Å². The van der Waals surface area contributed by atoms with Crippen LogP contribution >= 0.6 is 11.8 Å². The van der Waals surface area contributed by atoms with Crippen LogP contribution in [-0.4, -0.2) is 15.7 Å². The number of nitrogens with zero attached hydrogens (tertiary/aromatic N) is 1. The highest BCUT2D eigenvalue weighted by Crippen LogP contribution is 2.22. The number of aryl methyl sites for hydroxylation is 1. The highest BCUT2D eigenvalue weighted by atomic mass is 32.2. The fourth-order valence-electron chi connectivity index (χ4n) is 0.798. The molecule has 0 bridgehead atoms. The van der Waals surface area contributed by atoms with Crippen molar-refractivity contribution >= 4 is 17.6 Å². The molecule has 1 rings (SSSR count). The molecule has 3 N–H and O–H groups in total. The summed E-state index contributed by atoms with van der Waals surface area (Å²) in [7, 11) is 0. The first-order valence-electron chi connectivity index (χ1n) is 3.69. The standard InChI is InChI=1S/C7H13N3S/c1-3-4-11-7-6(8)9-5(2)10-7/h3-4,8H2,1-2H3,(H,9,10). The second-order valence-corrected chi connectivity index (χ2v) is 3.47. The fraction of sp³-hybridized carbons (Fsp3) is 0.571. The second-order valence-electron chi connectivity index (χ2n) is 2.39. The quantitative estimate of drug-likeness (QED) is 0.682. The molecule has 0 atom stereocenters. The number of hydrogen-bond donors (Lipinski definition) is 2. The number of thioether (sulfide) groups is 1. The number of nitrogens with one attached hydrogen (secondary N) is 1. The maximum atomic E-state index is 5.64. The van der Waals surface area contributed by atoms with Crippen LogP contribution in [0.25, 0.3) is 0 Å². The molecule has 0 spiro atoms. The van der Waals surface area contributed by atoms with E-state index in [0.29, 0.717) is 5.82 Å². The molecule has 0 saturated carbocycles. The minimum Gasteiger partial charge on any atom is -0.383 e. The maximum absolute atomic E-state index is 5.64. The van der Waals surface area contributed by atoms with Crippen molar-refractivity contribution in [3.8, 4) is 0 Å². The number of H-pyrrole nitrogens is 1. The van der Waals surface area contributed by atoms with Gasteiger partial charge in [0.2, 0.25) is 0 Å². The number of aromatic nitrogens is 2. The molecule has 1 aromatic rings. The summed E-state index contributed by atoms with van der Waals surface area (Å²) in [6.07, 6.45) is 1.15. The highest BCUT2D eigenvalue weighted by Gasteiger charge is 2.03. The largest absolute Gasteiger partial charge is 0.383 e. The first-order valence-corrected chi connectivity index (χ1v) is 4.67. The van der Waals surface area contributed by atoms with Gasteiger partial charge in [-0.2, -0.15) is 0 Å². The molecular weight excluding hydrogens is 158 g/mol. The van der Waals surface area contributed by atoms with Gasteiger partial charge in [-0.05, 0) is 19.1 Å². The van der Waals surface area contributed by atoms with Gasteiger partial charge in [-0.15, -0.1) is 11.8 Å². The lowest BCUT2D eigenvalue weighted by atomic mass is 10.6. The summed E-state index contributed by atoms with van der Waals surface area (Å²) in [5, 5.41) is 0.935. The van der Waals surface area contributed by atoms with E-state index in [4.69, 9.17) is 5.73 Å². The summed E-state index contributed by atoms with van der Waals surface area (Å²) in [5.41, 5.74) is 5.64. The molecule has 0 unspecified atom stereocenters. The lowest BCUT2D eigenvalue weighted by molar-refractivity contribution is 1.08. The number of hydrogen-bond acceptors (Lipinski definition) is 3. The second kappa shape index (κ2) is 3.67. The number of rotatable bonds is 3. The molecule has 0 saturated heterocycles. The number of imidazole rings is 1. The number of nitrogens with two attached hydrogens (primary N) is 1. The van der Waals surface area contributed by atoms with E-state index < -0.39 is 0 Å². The van der Waals surface area contributed by atoms with E-state index in [1.807, 2.05) is 6.92 Å². The normalized spacial score (nSPS) is 10.4. The van der Waals surface area contributed by atoms with Gasteiger partial charge < -0.3 is 10.7 Å². The van der Waals surface area contributed by atoms with Gasteiger partial charge in [-0.25, -0.2) is 4.98 Å². The molecule has 0 aromatic carbocycles. The first kappa shape index (κ1) is 8.46. The maximum Gasteiger partial charge on any atom is 0.138 e. The summed E-state index contributed by atoms with van der Waals surface area (Å²) in [5.74, 6) is 2.66. The third-order valence-electron chi connectivity index (χ3n) is 1.26. The average Bonchev–Trinajstić information content (AvgIpc) is 2.26. The predicted octanol–water partition coefficient (Wildman–Crippen LogP) is 1.80. The van der Waals surface area contributed by atoms with E-state index in [1.165, 1.54) is 0 Å². The van der Waals surface area contributed by atoms with Gasteiger partial charge in [-0.3, -0.25) is 0 Å². The lowest BCUT2D eigenvalue weighted by Crippen LogP contribution is -1.86. The average molecular weight is 171 g/mol. The molecule has 0 aliphatic heterocycles. The molecular formula is C7H13N3S. The molecule has 0 fully saturated rings. The third-order valence-corrected chi connectivity index (χ3v) is 2.46. The molecule has 3 nitrogen and oxygen atoms in total. The highest BCUT2D eigenvalue weighted by molar-refractivity contribution is 7.99. The summed E-state index contributed by atoms with van der Waals surface area (Å²) in [6, 6.07) is 0. The minimum atomic E-state index is 0.695. The van der Waals surface area contributed by atoms with Crippen molar-refractivity contribution in [2.75, 3.05) is 11.5 Å². The van der Waals surface area contributed by atoms with E-state index in [9.17, 15) is 0 Å². The summed E-state index contributed by atoms with van der Waals surface area (Å²) in [4.78, 5) is 7.19. The van der Waals surface area contributed by atoms with Gasteiger partial charge in [0, 0.05) is 0 Å². The van der Waals surface area contributed by atoms with E-state index in [2.05, 4.69) is 16.9 Å². The summed E-state index contributed by atoms with van der Waals surface area (Å²) in [6.45, 7) is 4.05. The summed E-state index contributed by atoms with van der Waals surface area (Å²) < 4.78 is 0. The van der Waals surface area contributed by atoms with E-state index in [-0.39, 0.29) is 0 Å². The van der Waals surface area contributed by atoms with E-state index >= 15 is 0 Å². The van der Waals surface area contributed by atoms with Crippen LogP contribution in [0.2, 0.25) is 0 Å². The van der Waals surface area contributed by atoms with Crippen LogP contribution in [0.15, 0.2) is 5.03 Å². The summed E-state index contributed by atoms with van der Waals surface area (Å²) >= 11 is 1.70.